The Hall–Kier alpha value is -1.42. The van der Waals surface area contributed by atoms with E-state index in [4.69, 9.17) is 5.11 Å². The van der Waals surface area contributed by atoms with Crippen molar-refractivity contribution in [2.24, 2.45) is 0 Å². The van der Waals surface area contributed by atoms with Crippen LogP contribution in [-0.2, 0) is 0 Å². The molecule has 2 aromatic rings. The highest BCUT2D eigenvalue weighted by Crippen LogP contribution is 2.44. The SMILES string of the molecule is O=C(O)c1cc2nccc(C3CC3)c2s1. The predicted molar refractivity (Wildman–Crippen MR) is 58.6 cm³/mol. The molecule has 4 heteroatoms. The molecule has 0 radical (unpaired) electrons. The number of fused-ring (bicyclic) bond motifs is 1. The average Bonchev–Trinajstić information content (AvgIpc) is 2.95. The first-order valence-electron chi connectivity index (χ1n) is 4.87. The molecule has 2 heterocycles. The summed E-state index contributed by atoms with van der Waals surface area (Å²) in [5.74, 6) is -0.226. The molecular weight excluding hydrogens is 210 g/mol. The summed E-state index contributed by atoms with van der Waals surface area (Å²) in [6, 6.07) is 3.68. The highest BCUT2D eigenvalue weighted by Gasteiger charge is 2.26. The Morgan fingerprint density at radius 2 is 2.33 bits per heavy atom. The maximum absolute atomic E-state index is 10.8. The van der Waals surface area contributed by atoms with E-state index in [1.165, 1.54) is 29.7 Å². The molecule has 1 fully saturated rings. The van der Waals surface area contributed by atoms with Crippen LogP contribution in [0.3, 0.4) is 0 Å². The lowest BCUT2D eigenvalue weighted by atomic mass is 10.1. The van der Waals surface area contributed by atoms with E-state index in [9.17, 15) is 4.79 Å². The number of carboxylic acid groups (broad SMARTS) is 1. The third kappa shape index (κ3) is 1.41. The summed E-state index contributed by atoms with van der Waals surface area (Å²) in [6.45, 7) is 0. The number of rotatable bonds is 2. The molecule has 0 spiro atoms. The first kappa shape index (κ1) is 8.85. The van der Waals surface area contributed by atoms with Crippen molar-refractivity contribution in [3.8, 4) is 0 Å². The second-order valence-corrected chi connectivity index (χ2v) is 4.86. The van der Waals surface area contributed by atoms with Gasteiger partial charge in [0.15, 0.2) is 0 Å². The minimum Gasteiger partial charge on any atom is -0.477 e. The molecule has 1 N–H and O–H groups in total. The summed E-state index contributed by atoms with van der Waals surface area (Å²) in [5, 5.41) is 8.91. The smallest absolute Gasteiger partial charge is 0.345 e. The van der Waals surface area contributed by atoms with Gasteiger partial charge in [0.2, 0.25) is 0 Å². The normalized spacial score (nSPS) is 15.7. The van der Waals surface area contributed by atoms with Crippen molar-refractivity contribution >= 4 is 27.5 Å². The van der Waals surface area contributed by atoms with Gasteiger partial charge in [-0.1, -0.05) is 0 Å². The molecule has 2 aromatic heterocycles. The van der Waals surface area contributed by atoms with Crippen LogP contribution in [0.4, 0.5) is 0 Å². The van der Waals surface area contributed by atoms with Crippen LogP contribution in [-0.4, -0.2) is 16.1 Å². The molecule has 0 amide bonds. The number of aromatic nitrogens is 1. The van der Waals surface area contributed by atoms with Crippen LogP contribution in [0.15, 0.2) is 18.3 Å². The minimum absolute atomic E-state index is 0.380. The number of aromatic carboxylic acids is 1. The second kappa shape index (κ2) is 3.03. The van der Waals surface area contributed by atoms with Crippen molar-refractivity contribution in [2.45, 2.75) is 18.8 Å². The van der Waals surface area contributed by atoms with Crippen LogP contribution in [0, 0.1) is 0 Å². The number of hydrogen-bond donors (Lipinski definition) is 1. The zero-order valence-corrected chi connectivity index (χ0v) is 8.75. The summed E-state index contributed by atoms with van der Waals surface area (Å²) < 4.78 is 1.05. The monoisotopic (exact) mass is 219 g/mol. The Labute approximate surface area is 90.4 Å². The first-order chi connectivity index (χ1) is 7.25. The van der Waals surface area contributed by atoms with Gasteiger partial charge in [0.25, 0.3) is 0 Å². The summed E-state index contributed by atoms with van der Waals surface area (Å²) in [5.41, 5.74) is 2.10. The van der Waals surface area contributed by atoms with E-state index in [2.05, 4.69) is 4.98 Å². The Kier molecular flexibility index (Phi) is 1.79. The van der Waals surface area contributed by atoms with Crippen LogP contribution < -0.4 is 0 Å². The van der Waals surface area contributed by atoms with Crippen molar-refractivity contribution in [1.29, 1.82) is 0 Å². The largest absolute Gasteiger partial charge is 0.477 e. The first-order valence-corrected chi connectivity index (χ1v) is 5.69. The minimum atomic E-state index is -0.861. The second-order valence-electron chi connectivity index (χ2n) is 3.80. The molecule has 0 unspecified atom stereocenters. The lowest BCUT2D eigenvalue weighted by Crippen LogP contribution is -1.89. The van der Waals surface area contributed by atoms with Gasteiger partial charge in [0.1, 0.15) is 4.88 Å². The van der Waals surface area contributed by atoms with Gasteiger partial charge in [-0.15, -0.1) is 11.3 Å². The molecule has 0 aliphatic heterocycles. The van der Waals surface area contributed by atoms with Crippen molar-refractivity contribution < 1.29 is 9.90 Å². The number of hydrogen-bond acceptors (Lipinski definition) is 3. The number of nitrogens with zero attached hydrogens (tertiary/aromatic N) is 1. The Balaban J connectivity index is 2.24. The van der Waals surface area contributed by atoms with Gasteiger partial charge in [-0.3, -0.25) is 4.98 Å². The highest BCUT2D eigenvalue weighted by atomic mass is 32.1. The lowest BCUT2D eigenvalue weighted by molar-refractivity contribution is 0.0702. The van der Waals surface area contributed by atoms with E-state index in [-0.39, 0.29) is 0 Å². The van der Waals surface area contributed by atoms with E-state index in [1.807, 2.05) is 6.07 Å². The van der Waals surface area contributed by atoms with Crippen LogP contribution in [0.25, 0.3) is 10.2 Å². The van der Waals surface area contributed by atoms with Gasteiger partial charge < -0.3 is 5.11 Å². The van der Waals surface area contributed by atoms with Gasteiger partial charge in [-0.25, -0.2) is 4.79 Å². The van der Waals surface area contributed by atoms with Gasteiger partial charge in [0.05, 0.1) is 10.2 Å². The van der Waals surface area contributed by atoms with E-state index in [0.717, 1.165) is 10.2 Å². The summed E-state index contributed by atoms with van der Waals surface area (Å²) in [4.78, 5) is 15.4. The Morgan fingerprint density at radius 3 is 3.00 bits per heavy atom. The van der Waals surface area contributed by atoms with Crippen molar-refractivity contribution in [1.82, 2.24) is 4.98 Å². The van der Waals surface area contributed by atoms with Crippen LogP contribution >= 0.6 is 11.3 Å². The lowest BCUT2D eigenvalue weighted by Gasteiger charge is -1.97. The molecule has 1 saturated carbocycles. The Bertz CT molecular complexity index is 543. The van der Waals surface area contributed by atoms with Crippen LogP contribution in [0.2, 0.25) is 0 Å². The molecule has 1 aliphatic rings. The number of pyridine rings is 1. The molecule has 76 valence electrons. The number of carbonyl (C=O) groups is 1. The molecule has 0 saturated heterocycles. The zero-order valence-electron chi connectivity index (χ0n) is 7.93. The molecule has 3 nitrogen and oxygen atoms in total. The van der Waals surface area contributed by atoms with Gasteiger partial charge in [-0.2, -0.15) is 0 Å². The summed E-state index contributed by atoms with van der Waals surface area (Å²) >= 11 is 1.34. The zero-order chi connectivity index (χ0) is 10.4. The molecule has 0 bridgehead atoms. The number of thiophene rings is 1. The Morgan fingerprint density at radius 1 is 1.53 bits per heavy atom. The average molecular weight is 219 g/mol. The predicted octanol–water partition coefficient (Wildman–Crippen LogP) is 2.87. The van der Waals surface area contributed by atoms with Gasteiger partial charge in [0, 0.05) is 6.20 Å². The van der Waals surface area contributed by atoms with Crippen molar-refractivity contribution in [3.05, 3.63) is 28.8 Å². The van der Waals surface area contributed by atoms with E-state index < -0.39 is 5.97 Å². The molecular formula is C11H9NO2S. The third-order valence-electron chi connectivity index (χ3n) is 2.67. The van der Waals surface area contributed by atoms with E-state index >= 15 is 0 Å². The van der Waals surface area contributed by atoms with Gasteiger partial charge >= 0.3 is 5.97 Å². The quantitative estimate of drug-likeness (QED) is 0.844. The van der Waals surface area contributed by atoms with Crippen molar-refractivity contribution in [2.75, 3.05) is 0 Å². The van der Waals surface area contributed by atoms with Crippen LogP contribution in [0.5, 0.6) is 0 Å². The molecule has 0 aromatic carbocycles. The fourth-order valence-corrected chi connectivity index (χ4v) is 2.83. The topological polar surface area (TPSA) is 50.2 Å². The fraction of sp³-hybridized carbons (Fsp3) is 0.273. The third-order valence-corrected chi connectivity index (χ3v) is 3.83. The fourth-order valence-electron chi connectivity index (χ4n) is 1.78. The number of carboxylic acids is 1. The molecule has 0 atom stereocenters. The van der Waals surface area contributed by atoms with E-state index in [1.54, 1.807) is 12.3 Å². The maximum Gasteiger partial charge on any atom is 0.345 e. The van der Waals surface area contributed by atoms with Crippen LogP contribution in [0.1, 0.15) is 34.0 Å². The molecule has 3 rings (SSSR count). The van der Waals surface area contributed by atoms with Gasteiger partial charge in [-0.05, 0) is 36.5 Å². The maximum atomic E-state index is 10.8. The molecule has 15 heavy (non-hydrogen) atoms. The van der Waals surface area contributed by atoms with E-state index in [0.29, 0.717) is 10.8 Å². The standard InChI is InChI=1S/C11H9NO2S/c13-11(14)9-5-8-10(15-9)7(3-4-12-8)6-1-2-6/h3-6H,1-2H2,(H,13,14). The summed E-state index contributed by atoms with van der Waals surface area (Å²) in [7, 11) is 0. The van der Waals surface area contributed by atoms with Crippen molar-refractivity contribution in [3.63, 3.8) is 0 Å². The molecule has 1 aliphatic carbocycles. The highest BCUT2D eigenvalue weighted by molar-refractivity contribution is 7.20. The summed E-state index contributed by atoms with van der Waals surface area (Å²) in [6.07, 6.45) is 4.22.